The van der Waals surface area contributed by atoms with Crippen molar-refractivity contribution < 1.29 is 0 Å². The molecule has 128 valence electrons. The summed E-state index contributed by atoms with van der Waals surface area (Å²) in [5, 5.41) is 2.10. The maximum atomic E-state index is 5.98. The Labute approximate surface area is 152 Å². The van der Waals surface area contributed by atoms with Gasteiger partial charge in [-0.2, -0.15) is 0 Å². The fourth-order valence-corrected chi connectivity index (χ4v) is 5.34. The van der Waals surface area contributed by atoms with Crippen LogP contribution in [0.15, 0.2) is 29.3 Å². The molecule has 0 N–H and O–H groups in total. The third-order valence-electron chi connectivity index (χ3n) is 4.38. The van der Waals surface area contributed by atoms with E-state index in [0.717, 1.165) is 23.0 Å². The second kappa shape index (κ2) is 9.29. The number of hydrogen-bond donors (Lipinski definition) is 0. The van der Waals surface area contributed by atoms with Crippen LogP contribution >= 0.6 is 23.4 Å². The average Bonchev–Trinajstić information content (AvgIpc) is 2.52. The van der Waals surface area contributed by atoms with Gasteiger partial charge in [-0.25, -0.2) is 4.99 Å². The molecular formula is C19H30ClNSSi. The van der Waals surface area contributed by atoms with E-state index in [1.54, 1.807) is 0 Å². The average molecular weight is 368 g/mol. The van der Waals surface area contributed by atoms with Crippen molar-refractivity contribution in [2.75, 3.05) is 5.75 Å². The highest BCUT2D eigenvalue weighted by molar-refractivity contribution is 8.13. The van der Waals surface area contributed by atoms with E-state index in [2.05, 4.69) is 19.6 Å². The second-order valence-electron chi connectivity index (χ2n) is 7.86. The summed E-state index contributed by atoms with van der Waals surface area (Å²) < 4.78 is 0. The van der Waals surface area contributed by atoms with Crippen LogP contribution in [0, 0.1) is 5.92 Å². The zero-order valence-corrected chi connectivity index (χ0v) is 17.3. The Balaban J connectivity index is 1.99. The highest BCUT2D eigenvalue weighted by Crippen LogP contribution is 2.29. The first kappa shape index (κ1) is 19.1. The van der Waals surface area contributed by atoms with Crippen molar-refractivity contribution in [3.63, 3.8) is 0 Å². The van der Waals surface area contributed by atoms with E-state index >= 15 is 0 Å². The quantitative estimate of drug-likeness (QED) is 0.289. The van der Waals surface area contributed by atoms with E-state index in [1.165, 1.54) is 48.9 Å². The Morgan fingerprint density at radius 3 is 2.39 bits per heavy atom. The number of nitrogens with zero attached hydrogens (tertiary/aromatic N) is 1. The predicted octanol–water partition coefficient (Wildman–Crippen LogP) is 7.41. The summed E-state index contributed by atoms with van der Waals surface area (Å²) in [6, 6.07) is 9.23. The summed E-state index contributed by atoms with van der Waals surface area (Å²) >= 11 is 7.99. The van der Waals surface area contributed by atoms with Crippen LogP contribution in [0.5, 0.6) is 0 Å². The van der Waals surface area contributed by atoms with Crippen molar-refractivity contribution >= 4 is 42.2 Å². The third kappa shape index (κ3) is 7.91. The number of benzene rings is 1. The summed E-state index contributed by atoms with van der Waals surface area (Å²) in [5.74, 6) is 2.15. The van der Waals surface area contributed by atoms with Gasteiger partial charge in [0.05, 0.1) is 10.7 Å². The molecule has 0 radical (unpaired) electrons. The van der Waals surface area contributed by atoms with Crippen molar-refractivity contribution in [2.24, 2.45) is 10.9 Å². The van der Waals surface area contributed by atoms with Crippen LogP contribution in [0.2, 0.25) is 30.7 Å². The molecule has 0 saturated heterocycles. The zero-order chi connectivity index (χ0) is 16.7. The molecule has 0 amide bonds. The van der Waals surface area contributed by atoms with Crippen LogP contribution in [0.25, 0.3) is 0 Å². The number of halogens is 1. The third-order valence-corrected chi connectivity index (χ3v) is 7.65. The Morgan fingerprint density at radius 2 is 1.78 bits per heavy atom. The summed E-state index contributed by atoms with van der Waals surface area (Å²) in [7, 11) is -1.03. The van der Waals surface area contributed by atoms with Gasteiger partial charge < -0.3 is 0 Å². The second-order valence-corrected chi connectivity index (χ2v) is 15.0. The number of aliphatic imine (C=N–C) groups is 1. The van der Waals surface area contributed by atoms with Gasteiger partial charge in [0, 0.05) is 18.8 Å². The first-order valence-corrected chi connectivity index (χ1v) is 14.0. The molecule has 23 heavy (non-hydrogen) atoms. The largest absolute Gasteiger partial charge is 0.247 e. The molecule has 0 aromatic heterocycles. The van der Waals surface area contributed by atoms with Crippen molar-refractivity contribution in [3.8, 4) is 0 Å². The van der Waals surface area contributed by atoms with Crippen molar-refractivity contribution in [3.05, 3.63) is 29.3 Å². The SMILES string of the molecule is C[Si](C)(C)CCC(=Nc1ccc(Cl)cc1)SCC1CCCCC1. The Bertz CT molecular complexity index is 501. The van der Waals surface area contributed by atoms with Gasteiger partial charge in [-0.3, -0.25) is 0 Å². The van der Waals surface area contributed by atoms with Crippen LogP contribution in [0.4, 0.5) is 5.69 Å². The fraction of sp³-hybridized carbons (Fsp3) is 0.632. The minimum atomic E-state index is -1.03. The van der Waals surface area contributed by atoms with Gasteiger partial charge >= 0.3 is 0 Å². The van der Waals surface area contributed by atoms with E-state index in [0.29, 0.717) is 0 Å². The first-order valence-electron chi connectivity index (χ1n) is 8.88. The number of thioether (sulfide) groups is 1. The lowest BCUT2D eigenvalue weighted by Gasteiger charge is -2.22. The summed E-state index contributed by atoms with van der Waals surface area (Å²) in [4.78, 5) is 4.93. The zero-order valence-electron chi connectivity index (χ0n) is 14.8. The molecule has 0 unspecified atom stereocenters. The van der Waals surface area contributed by atoms with E-state index in [9.17, 15) is 0 Å². The molecule has 1 aromatic carbocycles. The molecule has 0 atom stereocenters. The van der Waals surface area contributed by atoms with Gasteiger partial charge in [0.1, 0.15) is 0 Å². The van der Waals surface area contributed by atoms with Crippen molar-refractivity contribution in [1.29, 1.82) is 0 Å². The van der Waals surface area contributed by atoms with Crippen LogP contribution < -0.4 is 0 Å². The molecular weight excluding hydrogens is 338 g/mol. The van der Waals surface area contributed by atoms with Crippen molar-refractivity contribution in [1.82, 2.24) is 0 Å². The van der Waals surface area contributed by atoms with Gasteiger partial charge in [-0.15, -0.1) is 11.8 Å². The lowest BCUT2D eigenvalue weighted by molar-refractivity contribution is 0.391. The van der Waals surface area contributed by atoms with Gasteiger partial charge in [-0.05, 0) is 49.4 Å². The number of hydrogen-bond acceptors (Lipinski definition) is 2. The molecule has 2 rings (SSSR count). The van der Waals surface area contributed by atoms with E-state index in [1.807, 2.05) is 36.0 Å². The predicted molar refractivity (Wildman–Crippen MR) is 110 cm³/mol. The summed E-state index contributed by atoms with van der Waals surface area (Å²) in [5.41, 5.74) is 1.04. The van der Waals surface area contributed by atoms with Gasteiger partial charge in [-0.1, -0.05) is 56.5 Å². The Morgan fingerprint density at radius 1 is 1.13 bits per heavy atom. The Kier molecular flexibility index (Phi) is 7.70. The lowest BCUT2D eigenvalue weighted by atomic mass is 9.91. The molecule has 0 aliphatic heterocycles. The maximum Gasteiger partial charge on any atom is 0.0735 e. The molecule has 0 spiro atoms. The topological polar surface area (TPSA) is 12.4 Å². The normalized spacial score (nSPS) is 17.5. The molecule has 0 bridgehead atoms. The molecule has 4 heteroatoms. The minimum absolute atomic E-state index is 0.780. The highest BCUT2D eigenvalue weighted by atomic mass is 35.5. The van der Waals surface area contributed by atoms with E-state index in [-0.39, 0.29) is 0 Å². The standard InChI is InChI=1S/C19H30ClNSSi/c1-23(2,3)14-13-19(21-18-11-9-17(20)10-12-18)22-15-16-7-5-4-6-8-16/h9-12,16H,4-8,13-15H2,1-3H3. The van der Waals surface area contributed by atoms with E-state index < -0.39 is 8.07 Å². The highest BCUT2D eigenvalue weighted by Gasteiger charge is 2.17. The van der Waals surface area contributed by atoms with Crippen LogP contribution in [0.1, 0.15) is 38.5 Å². The molecule has 1 aliphatic rings. The van der Waals surface area contributed by atoms with Gasteiger partial charge in [0.15, 0.2) is 0 Å². The van der Waals surface area contributed by atoms with Gasteiger partial charge in [0.2, 0.25) is 0 Å². The number of rotatable bonds is 6. The fourth-order valence-electron chi connectivity index (χ4n) is 2.87. The van der Waals surface area contributed by atoms with Crippen LogP contribution in [-0.4, -0.2) is 18.9 Å². The minimum Gasteiger partial charge on any atom is -0.247 e. The summed E-state index contributed by atoms with van der Waals surface area (Å²) in [6.07, 6.45) is 8.23. The molecule has 1 nitrogen and oxygen atoms in total. The smallest absolute Gasteiger partial charge is 0.0735 e. The first-order chi connectivity index (χ1) is 10.9. The molecule has 0 heterocycles. The van der Waals surface area contributed by atoms with E-state index in [4.69, 9.17) is 16.6 Å². The van der Waals surface area contributed by atoms with Gasteiger partial charge in [0.25, 0.3) is 0 Å². The summed E-state index contributed by atoms with van der Waals surface area (Å²) in [6.45, 7) is 7.33. The monoisotopic (exact) mass is 367 g/mol. The van der Waals surface area contributed by atoms with Crippen LogP contribution in [-0.2, 0) is 0 Å². The molecule has 1 saturated carbocycles. The lowest BCUT2D eigenvalue weighted by Crippen LogP contribution is -2.20. The molecule has 1 aromatic rings. The molecule has 1 fully saturated rings. The molecule has 1 aliphatic carbocycles. The van der Waals surface area contributed by atoms with Crippen LogP contribution in [0.3, 0.4) is 0 Å². The Hall–Kier alpha value is -0.253. The maximum absolute atomic E-state index is 5.98. The van der Waals surface area contributed by atoms with Crippen molar-refractivity contribution in [2.45, 2.75) is 64.2 Å².